The largest absolute Gasteiger partial charge is 0.353 e. The van der Waals surface area contributed by atoms with Crippen LogP contribution in [0, 0.1) is 39.9 Å². The number of likely N-dealkylation sites (N-methyl/N-ethyl adjacent to an activating group) is 1. The molecule has 3 saturated carbocycles. The molecule has 0 aromatic rings. The Morgan fingerprint density at radius 1 is 1.13 bits per heavy atom. The lowest BCUT2D eigenvalue weighted by Gasteiger charge is -2.60. The second-order valence-electron chi connectivity index (χ2n) is 12.4. The van der Waals surface area contributed by atoms with E-state index in [-0.39, 0.29) is 28.7 Å². The molecule has 0 spiro atoms. The van der Waals surface area contributed by atoms with Gasteiger partial charge in [0.05, 0.1) is 0 Å². The third-order valence-corrected chi connectivity index (χ3v) is 9.84. The molecule has 1 heterocycles. The Labute approximate surface area is 183 Å². The summed E-state index contributed by atoms with van der Waals surface area (Å²) in [4.78, 5) is 26.9. The first-order chi connectivity index (χ1) is 13.9. The number of nitrogens with one attached hydrogen (secondary N) is 1. The first kappa shape index (κ1) is 21.9. The Bertz CT molecular complexity index is 753. The molecular weight excluding hydrogens is 372 g/mol. The topological polar surface area (TPSA) is 49.4 Å². The average molecular weight is 415 g/mol. The van der Waals surface area contributed by atoms with Crippen LogP contribution in [0.5, 0.6) is 0 Å². The molecule has 4 nitrogen and oxygen atoms in total. The maximum atomic E-state index is 12.6. The van der Waals surface area contributed by atoms with Gasteiger partial charge < -0.3 is 10.2 Å². The van der Waals surface area contributed by atoms with Crippen LogP contribution in [0.4, 0.5) is 0 Å². The van der Waals surface area contributed by atoms with E-state index in [0.717, 1.165) is 18.3 Å². The van der Waals surface area contributed by atoms with Crippen LogP contribution < -0.4 is 5.32 Å². The highest BCUT2D eigenvalue weighted by Gasteiger charge is 2.61. The predicted octanol–water partition coefficient (Wildman–Crippen LogP) is 4.79. The van der Waals surface area contributed by atoms with Crippen molar-refractivity contribution in [3.63, 3.8) is 0 Å². The summed E-state index contributed by atoms with van der Waals surface area (Å²) in [7, 11) is 1.99. The third kappa shape index (κ3) is 3.15. The number of hydrogen-bond acceptors (Lipinski definition) is 2. The second-order valence-corrected chi connectivity index (χ2v) is 12.4. The number of carbonyl (C=O) groups excluding carboxylic acids is 2. The molecule has 0 aromatic carbocycles. The van der Waals surface area contributed by atoms with Crippen molar-refractivity contribution in [2.45, 2.75) is 92.2 Å². The minimum atomic E-state index is -0.339. The van der Waals surface area contributed by atoms with Crippen molar-refractivity contribution in [1.29, 1.82) is 0 Å². The standard InChI is InChI=1S/C26H42N2O2/c1-16(27-23(30)24(2,3)4)18-9-10-19-17-8-11-21-26(6,15-13-22(29)28(21)7)20(17)12-14-25(18,19)5/h13,15-21H,8-12,14H2,1-7H3,(H,27,30)/t16?,17-,18+,19-,20-,21+,25+,26+/m0/s1. The smallest absolute Gasteiger partial charge is 0.246 e. The maximum Gasteiger partial charge on any atom is 0.246 e. The summed E-state index contributed by atoms with van der Waals surface area (Å²) in [6.45, 7) is 13.2. The third-order valence-electron chi connectivity index (χ3n) is 9.84. The summed E-state index contributed by atoms with van der Waals surface area (Å²) in [6, 6.07) is 0.580. The Hall–Kier alpha value is -1.32. The van der Waals surface area contributed by atoms with Crippen LogP contribution in [0.2, 0.25) is 0 Å². The SMILES string of the molecule is CC(NC(=O)C(C)(C)C)[C@H]1CC[C@H]2[C@@H]3CC[C@H]4N(C)C(=O)C=C[C@]4(C)[C@H]3CC[C@]12C. The van der Waals surface area contributed by atoms with Crippen LogP contribution in [-0.4, -0.2) is 35.8 Å². The summed E-state index contributed by atoms with van der Waals surface area (Å²) in [5.41, 5.74) is 0.0840. The van der Waals surface area contributed by atoms with Crippen LogP contribution in [0.15, 0.2) is 12.2 Å². The van der Waals surface area contributed by atoms with E-state index < -0.39 is 0 Å². The number of amides is 2. The zero-order valence-corrected chi connectivity index (χ0v) is 20.1. The van der Waals surface area contributed by atoms with Crippen LogP contribution in [-0.2, 0) is 9.59 Å². The number of carbonyl (C=O) groups is 2. The fourth-order valence-electron chi connectivity index (χ4n) is 8.12. The molecule has 4 rings (SSSR count). The number of fused-ring (bicyclic) bond motifs is 5. The van der Waals surface area contributed by atoms with E-state index >= 15 is 0 Å². The van der Waals surface area contributed by atoms with Crippen molar-refractivity contribution < 1.29 is 9.59 Å². The molecule has 0 saturated heterocycles. The fraction of sp³-hybridized carbons (Fsp3) is 0.846. The molecule has 30 heavy (non-hydrogen) atoms. The highest BCUT2D eigenvalue weighted by Crippen LogP contribution is 2.65. The van der Waals surface area contributed by atoms with Gasteiger partial charge in [0, 0.05) is 30.0 Å². The zero-order valence-electron chi connectivity index (χ0n) is 20.1. The average Bonchev–Trinajstić information content (AvgIpc) is 3.01. The summed E-state index contributed by atoms with van der Waals surface area (Å²) in [5.74, 6) is 3.05. The lowest BCUT2D eigenvalue weighted by molar-refractivity contribution is -0.139. The Morgan fingerprint density at radius 3 is 2.50 bits per heavy atom. The fourth-order valence-corrected chi connectivity index (χ4v) is 8.12. The first-order valence-corrected chi connectivity index (χ1v) is 12.2. The van der Waals surface area contributed by atoms with Gasteiger partial charge in [-0.05, 0) is 80.6 Å². The summed E-state index contributed by atoms with van der Waals surface area (Å²) >= 11 is 0. The minimum Gasteiger partial charge on any atom is -0.353 e. The van der Waals surface area contributed by atoms with Gasteiger partial charge in [0.2, 0.25) is 11.8 Å². The molecule has 0 radical (unpaired) electrons. The minimum absolute atomic E-state index is 0.108. The number of nitrogens with zero attached hydrogens (tertiary/aromatic N) is 1. The lowest BCUT2D eigenvalue weighted by Crippen LogP contribution is -2.60. The van der Waals surface area contributed by atoms with Gasteiger partial charge in [-0.15, -0.1) is 0 Å². The molecule has 2 amide bonds. The molecule has 0 aromatic heterocycles. The highest BCUT2D eigenvalue weighted by molar-refractivity contribution is 5.89. The molecule has 8 atom stereocenters. The van der Waals surface area contributed by atoms with Crippen molar-refractivity contribution in [2.24, 2.45) is 39.9 Å². The lowest BCUT2D eigenvalue weighted by atomic mass is 9.47. The molecule has 4 aliphatic rings. The predicted molar refractivity (Wildman–Crippen MR) is 121 cm³/mol. The van der Waals surface area contributed by atoms with Gasteiger partial charge in [-0.1, -0.05) is 40.7 Å². The van der Waals surface area contributed by atoms with E-state index in [0.29, 0.717) is 23.3 Å². The van der Waals surface area contributed by atoms with Crippen LogP contribution in [0.25, 0.3) is 0 Å². The molecule has 1 unspecified atom stereocenters. The summed E-state index contributed by atoms with van der Waals surface area (Å²) in [6.07, 6.45) is 11.5. The molecule has 1 aliphatic heterocycles. The van der Waals surface area contributed by atoms with Crippen LogP contribution in [0.1, 0.15) is 80.1 Å². The van der Waals surface area contributed by atoms with Crippen molar-refractivity contribution >= 4 is 11.8 Å². The summed E-state index contributed by atoms with van der Waals surface area (Å²) in [5, 5.41) is 3.36. The molecule has 3 fully saturated rings. The van der Waals surface area contributed by atoms with E-state index in [1.54, 1.807) is 0 Å². The molecule has 0 bridgehead atoms. The molecular formula is C26H42N2O2. The molecule has 1 N–H and O–H groups in total. The van der Waals surface area contributed by atoms with Crippen molar-refractivity contribution in [1.82, 2.24) is 10.2 Å². The van der Waals surface area contributed by atoms with Gasteiger partial charge in [-0.3, -0.25) is 9.59 Å². The number of hydrogen-bond donors (Lipinski definition) is 1. The number of rotatable bonds is 2. The maximum absolute atomic E-state index is 12.6. The second kappa shape index (κ2) is 7.10. The van der Waals surface area contributed by atoms with Crippen LogP contribution >= 0.6 is 0 Å². The van der Waals surface area contributed by atoms with E-state index in [1.807, 2.05) is 38.8 Å². The Morgan fingerprint density at radius 2 is 1.83 bits per heavy atom. The van der Waals surface area contributed by atoms with Gasteiger partial charge in [0.15, 0.2) is 0 Å². The van der Waals surface area contributed by atoms with Gasteiger partial charge in [-0.2, -0.15) is 0 Å². The van der Waals surface area contributed by atoms with Crippen molar-refractivity contribution in [3.8, 4) is 0 Å². The van der Waals surface area contributed by atoms with Crippen molar-refractivity contribution in [2.75, 3.05) is 7.05 Å². The zero-order chi connectivity index (χ0) is 22.1. The van der Waals surface area contributed by atoms with Crippen molar-refractivity contribution in [3.05, 3.63) is 12.2 Å². The van der Waals surface area contributed by atoms with Gasteiger partial charge >= 0.3 is 0 Å². The normalized spacial score (nSPS) is 44.2. The quantitative estimate of drug-likeness (QED) is 0.706. The van der Waals surface area contributed by atoms with Gasteiger partial charge in [0.1, 0.15) is 0 Å². The Balaban J connectivity index is 1.55. The van der Waals surface area contributed by atoms with E-state index in [2.05, 4.69) is 32.2 Å². The first-order valence-electron chi connectivity index (χ1n) is 12.2. The Kier molecular flexibility index (Phi) is 5.18. The highest BCUT2D eigenvalue weighted by atomic mass is 16.2. The monoisotopic (exact) mass is 414 g/mol. The van der Waals surface area contributed by atoms with E-state index in [1.165, 1.54) is 32.1 Å². The van der Waals surface area contributed by atoms with E-state index in [4.69, 9.17) is 0 Å². The summed E-state index contributed by atoms with van der Waals surface area (Å²) < 4.78 is 0. The van der Waals surface area contributed by atoms with Crippen LogP contribution in [0.3, 0.4) is 0 Å². The molecule has 4 heteroatoms. The molecule has 3 aliphatic carbocycles. The van der Waals surface area contributed by atoms with Gasteiger partial charge in [-0.25, -0.2) is 0 Å². The van der Waals surface area contributed by atoms with Gasteiger partial charge in [0.25, 0.3) is 0 Å². The van der Waals surface area contributed by atoms with E-state index in [9.17, 15) is 9.59 Å². The molecule has 168 valence electrons.